The van der Waals surface area contributed by atoms with Crippen molar-refractivity contribution in [3.63, 3.8) is 0 Å². The van der Waals surface area contributed by atoms with Crippen LogP contribution in [0.5, 0.6) is 0 Å². The lowest BCUT2D eigenvalue weighted by atomic mass is 10.3. The van der Waals surface area contributed by atoms with Crippen LogP contribution in [0.4, 0.5) is 0 Å². The van der Waals surface area contributed by atoms with Gasteiger partial charge in [0.25, 0.3) is 0 Å². The number of aryl methyl sites for hydroxylation is 1. The van der Waals surface area contributed by atoms with Gasteiger partial charge in [-0.15, -0.1) is 0 Å². The van der Waals surface area contributed by atoms with Crippen molar-refractivity contribution in [3.8, 4) is 0 Å². The smallest absolute Gasteiger partial charge is 0.341 e. The Bertz CT molecular complexity index is 535. The van der Waals surface area contributed by atoms with Gasteiger partial charge >= 0.3 is 5.97 Å². The SMILES string of the molecule is COC(=O)c1cnc2c(Br)c(C)nn2c1. The molecule has 0 saturated heterocycles. The highest BCUT2D eigenvalue weighted by molar-refractivity contribution is 9.10. The Labute approximate surface area is 94.2 Å². The summed E-state index contributed by atoms with van der Waals surface area (Å²) in [6, 6.07) is 0. The molecule has 0 aliphatic rings. The largest absolute Gasteiger partial charge is 0.465 e. The molecule has 0 unspecified atom stereocenters. The van der Waals surface area contributed by atoms with Gasteiger partial charge in [0.15, 0.2) is 5.65 Å². The van der Waals surface area contributed by atoms with Crippen LogP contribution in [0, 0.1) is 6.92 Å². The summed E-state index contributed by atoms with van der Waals surface area (Å²) in [6.07, 6.45) is 3.05. The Morgan fingerprint density at radius 2 is 2.33 bits per heavy atom. The molecule has 2 aromatic heterocycles. The first-order valence-corrected chi connectivity index (χ1v) is 5.01. The lowest BCUT2D eigenvalue weighted by molar-refractivity contribution is 0.0599. The first-order valence-electron chi connectivity index (χ1n) is 4.22. The first-order chi connectivity index (χ1) is 7.13. The third kappa shape index (κ3) is 1.61. The summed E-state index contributed by atoms with van der Waals surface area (Å²) < 4.78 is 6.97. The topological polar surface area (TPSA) is 56.5 Å². The molecule has 0 aromatic carbocycles. The maximum atomic E-state index is 11.2. The Morgan fingerprint density at radius 1 is 1.60 bits per heavy atom. The van der Waals surface area contributed by atoms with E-state index in [1.807, 2.05) is 6.92 Å². The van der Waals surface area contributed by atoms with Crippen molar-refractivity contribution in [1.29, 1.82) is 0 Å². The van der Waals surface area contributed by atoms with E-state index in [2.05, 4.69) is 30.7 Å². The quantitative estimate of drug-likeness (QED) is 0.738. The van der Waals surface area contributed by atoms with Crippen molar-refractivity contribution in [1.82, 2.24) is 14.6 Å². The molecule has 6 heteroatoms. The number of hydrogen-bond acceptors (Lipinski definition) is 4. The zero-order chi connectivity index (χ0) is 11.0. The highest BCUT2D eigenvalue weighted by Gasteiger charge is 2.11. The Morgan fingerprint density at radius 3 is 3.00 bits per heavy atom. The number of halogens is 1. The molecule has 0 aliphatic heterocycles. The van der Waals surface area contributed by atoms with E-state index < -0.39 is 5.97 Å². The van der Waals surface area contributed by atoms with Crippen LogP contribution in [0.25, 0.3) is 5.65 Å². The van der Waals surface area contributed by atoms with Gasteiger partial charge in [0.05, 0.1) is 22.8 Å². The van der Waals surface area contributed by atoms with Gasteiger partial charge in [0.2, 0.25) is 0 Å². The second kappa shape index (κ2) is 3.62. The minimum atomic E-state index is -0.423. The number of fused-ring (bicyclic) bond motifs is 1. The number of carbonyl (C=O) groups is 1. The maximum absolute atomic E-state index is 11.2. The van der Waals surface area contributed by atoms with Gasteiger partial charge in [-0.1, -0.05) is 0 Å². The Hall–Kier alpha value is -1.43. The number of hydrogen-bond donors (Lipinski definition) is 0. The van der Waals surface area contributed by atoms with E-state index in [0.29, 0.717) is 11.2 Å². The number of carbonyl (C=O) groups excluding carboxylic acids is 1. The summed E-state index contributed by atoms with van der Waals surface area (Å²) in [5.74, 6) is -0.423. The Balaban J connectivity index is 2.62. The summed E-state index contributed by atoms with van der Waals surface area (Å²) in [5, 5.41) is 4.19. The van der Waals surface area contributed by atoms with E-state index in [-0.39, 0.29) is 0 Å². The molecule has 0 bridgehead atoms. The molecule has 2 aromatic rings. The van der Waals surface area contributed by atoms with E-state index in [1.165, 1.54) is 13.3 Å². The summed E-state index contributed by atoms with van der Waals surface area (Å²) >= 11 is 3.37. The average Bonchev–Trinajstić information content (AvgIpc) is 2.53. The second-order valence-corrected chi connectivity index (χ2v) is 3.79. The summed E-state index contributed by atoms with van der Waals surface area (Å²) in [7, 11) is 1.33. The van der Waals surface area contributed by atoms with Gasteiger partial charge in [0, 0.05) is 12.4 Å². The van der Waals surface area contributed by atoms with Crippen LogP contribution >= 0.6 is 15.9 Å². The third-order valence-corrected chi connectivity index (χ3v) is 2.93. The highest BCUT2D eigenvalue weighted by Crippen LogP contribution is 2.19. The van der Waals surface area contributed by atoms with Crippen LogP contribution in [0.3, 0.4) is 0 Å². The van der Waals surface area contributed by atoms with Crippen molar-refractivity contribution in [2.24, 2.45) is 0 Å². The molecule has 5 nitrogen and oxygen atoms in total. The molecular formula is C9H8BrN3O2. The van der Waals surface area contributed by atoms with Crippen LogP contribution in [0.1, 0.15) is 16.1 Å². The number of methoxy groups -OCH3 is 1. The van der Waals surface area contributed by atoms with E-state index in [0.717, 1.165) is 10.2 Å². The number of ether oxygens (including phenoxy) is 1. The first kappa shape index (κ1) is 10.1. The lowest BCUT2D eigenvalue weighted by Crippen LogP contribution is -2.04. The zero-order valence-corrected chi connectivity index (χ0v) is 9.78. The highest BCUT2D eigenvalue weighted by atomic mass is 79.9. The van der Waals surface area contributed by atoms with Crippen molar-refractivity contribution < 1.29 is 9.53 Å². The van der Waals surface area contributed by atoms with Gasteiger partial charge in [-0.3, -0.25) is 0 Å². The number of rotatable bonds is 1. The number of esters is 1. The molecule has 0 N–H and O–H groups in total. The van der Waals surface area contributed by atoms with Crippen LogP contribution in [-0.4, -0.2) is 27.7 Å². The molecule has 0 saturated carbocycles. The van der Waals surface area contributed by atoms with Gasteiger partial charge in [-0.2, -0.15) is 5.10 Å². The molecule has 2 heterocycles. The monoisotopic (exact) mass is 269 g/mol. The normalized spacial score (nSPS) is 10.6. The number of nitrogens with zero attached hydrogens (tertiary/aromatic N) is 3. The molecule has 0 amide bonds. The van der Waals surface area contributed by atoms with Gasteiger partial charge in [0.1, 0.15) is 0 Å². The van der Waals surface area contributed by atoms with Crippen LogP contribution in [-0.2, 0) is 4.74 Å². The van der Waals surface area contributed by atoms with E-state index in [9.17, 15) is 4.79 Å². The van der Waals surface area contributed by atoms with Crippen molar-refractivity contribution in [3.05, 3.63) is 28.1 Å². The minimum Gasteiger partial charge on any atom is -0.465 e. The molecule has 0 fully saturated rings. The fraction of sp³-hybridized carbons (Fsp3) is 0.222. The summed E-state index contributed by atoms with van der Waals surface area (Å²) in [6.45, 7) is 1.86. The standard InChI is InChI=1S/C9H8BrN3O2/c1-5-7(10)8-11-3-6(9(14)15-2)4-13(8)12-5/h3-4H,1-2H3. The third-order valence-electron chi connectivity index (χ3n) is 2.00. The van der Waals surface area contributed by atoms with Crippen LogP contribution in [0.15, 0.2) is 16.9 Å². The molecule has 0 aliphatic carbocycles. The fourth-order valence-electron chi connectivity index (χ4n) is 1.24. The summed E-state index contributed by atoms with van der Waals surface area (Å²) in [4.78, 5) is 15.4. The van der Waals surface area contributed by atoms with Crippen LogP contribution < -0.4 is 0 Å². The molecule has 2 rings (SSSR count). The molecule has 0 radical (unpaired) electrons. The lowest BCUT2D eigenvalue weighted by Gasteiger charge is -1.98. The van der Waals surface area contributed by atoms with Gasteiger partial charge in [-0.05, 0) is 22.9 Å². The molecule has 0 spiro atoms. The van der Waals surface area contributed by atoms with Gasteiger partial charge in [-0.25, -0.2) is 14.3 Å². The molecule has 15 heavy (non-hydrogen) atoms. The van der Waals surface area contributed by atoms with Crippen molar-refractivity contribution >= 4 is 27.5 Å². The predicted octanol–water partition coefficient (Wildman–Crippen LogP) is 1.59. The fourth-order valence-corrected chi connectivity index (χ4v) is 1.60. The van der Waals surface area contributed by atoms with Crippen molar-refractivity contribution in [2.45, 2.75) is 6.92 Å². The maximum Gasteiger partial charge on any atom is 0.341 e. The van der Waals surface area contributed by atoms with Crippen molar-refractivity contribution in [2.75, 3.05) is 7.11 Å². The van der Waals surface area contributed by atoms with E-state index >= 15 is 0 Å². The molecule has 0 atom stereocenters. The number of aromatic nitrogens is 3. The Kier molecular flexibility index (Phi) is 2.44. The summed E-state index contributed by atoms with van der Waals surface area (Å²) in [5.41, 5.74) is 1.88. The van der Waals surface area contributed by atoms with Crippen LogP contribution in [0.2, 0.25) is 0 Å². The second-order valence-electron chi connectivity index (χ2n) is 3.00. The van der Waals surface area contributed by atoms with Gasteiger partial charge < -0.3 is 4.74 Å². The van der Waals surface area contributed by atoms with E-state index in [1.54, 1.807) is 10.7 Å². The molecular weight excluding hydrogens is 262 g/mol. The predicted molar refractivity (Wildman–Crippen MR) is 56.8 cm³/mol. The zero-order valence-electron chi connectivity index (χ0n) is 8.19. The minimum absolute atomic E-state index is 0.375. The molecule has 78 valence electrons. The average molecular weight is 270 g/mol. The van der Waals surface area contributed by atoms with E-state index in [4.69, 9.17) is 0 Å².